The molecule has 0 bridgehead atoms. The molecule has 0 unspecified atom stereocenters. The van der Waals surface area contributed by atoms with Crippen LogP contribution in [-0.4, -0.2) is 27.2 Å². The Bertz CT molecular complexity index is 644. The maximum atomic E-state index is 11.8. The van der Waals surface area contributed by atoms with Gasteiger partial charge in [0.1, 0.15) is 0 Å². The van der Waals surface area contributed by atoms with Gasteiger partial charge in [-0.3, -0.25) is 4.79 Å². The van der Waals surface area contributed by atoms with E-state index in [2.05, 4.69) is 15.5 Å². The number of halogens is 1. The van der Waals surface area contributed by atoms with Gasteiger partial charge in [-0.1, -0.05) is 29.8 Å². The summed E-state index contributed by atoms with van der Waals surface area (Å²) < 4.78 is 0. The predicted molar refractivity (Wildman–Crippen MR) is 72.8 cm³/mol. The van der Waals surface area contributed by atoms with E-state index < -0.39 is 5.97 Å². The molecule has 1 heterocycles. The Morgan fingerprint density at radius 1 is 1.15 bits per heavy atom. The third-order valence-corrected chi connectivity index (χ3v) is 2.70. The van der Waals surface area contributed by atoms with Crippen molar-refractivity contribution in [2.24, 2.45) is 0 Å². The second-order valence-electron chi connectivity index (χ2n) is 3.93. The molecule has 102 valence electrons. The van der Waals surface area contributed by atoms with Gasteiger partial charge in [-0.15, -0.1) is 10.2 Å². The molecular weight excluding hydrogens is 282 g/mol. The molecule has 1 aromatic carbocycles. The fraction of sp³-hybridized carbons (Fsp3) is 0.0769. The van der Waals surface area contributed by atoms with Crippen LogP contribution in [0.5, 0.6) is 0 Å². The van der Waals surface area contributed by atoms with Gasteiger partial charge in [-0.05, 0) is 23.8 Å². The molecule has 0 aliphatic rings. The lowest BCUT2D eigenvalue weighted by Crippen LogP contribution is -2.17. The van der Waals surface area contributed by atoms with E-state index in [0.29, 0.717) is 5.56 Å². The lowest BCUT2D eigenvalue weighted by molar-refractivity contribution is -0.115. The first kappa shape index (κ1) is 14.0. The first-order chi connectivity index (χ1) is 9.56. The van der Waals surface area contributed by atoms with Crippen molar-refractivity contribution in [3.8, 4) is 0 Å². The number of carbonyl (C=O) groups is 2. The van der Waals surface area contributed by atoms with Crippen molar-refractivity contribution in [1.29, 1.82) is 0 Å². The molecule has 2 N–H and O–H groups in total. The Balaban J connectivity index is 2.08. The molecule has 0 atom stereocenters. The average Bonchev–Trinajstić information content (AvgIpc) is 2.41. The minimum Gasteiger partial charge on any atom is -0.478 e. The van der Waals surface area contributed by atoms with Crippen LogP contribution in [0, 0.1) is 0 Å². The van der Waals surface area contributed by atoms with E-state index in [-0.39, 0.29) is 28.9 Å². The standard InChI is InChI=1S/C13H10ClN3O3/c14-10-5-6-11(17-16-10)15-12(18)7-8-3-1-2-4-9(8)13(19)20/h1-6H,7H2,(H,19,20)(H,15,17,18). The van der Waals surface area contributed by atoms with Crippen LogP contribution in [0.3, 0.4) is 0 Å². The van der Waals surface area contributed by atoms with Crippen molar-refractivity contribution < 1.29 is 14.7 Å². The summed E-state index contributed by atoms with van der Waals surface area (Å²) in [4.78, 5) is 22.9. The second-order valence-corrected chi connectivity index (χ2v) is 4.32. The molecule has 0 radical (unpaired) electrons. The van der Waals surface area contributed by atoms with E-state index in [1.54, 1.807) is 18.2 Å². The number of aromatic carboxylic acids is 1. The van der Waals surface area contributed by atoms with Crippen molar-refractivity contribution in [2.45, 2.75) is 6.42 Å². The molecule has 20 heavy (non-hydrogen) atoms. The smallest absolute Gasteiger partial charge is 0.335 e. The van der Waals surface area contributed by atoms with Gasteiger partial charge in [0.15, 0.2) is 11.0 Å². The highest BCUT2D eigenvalue weighted by Crippen LogP contribution is 2.11. The topological polar surface area (TPSA) is 92.2 Å². The Labute approximate surface area is 119 Å². The minimum absolute atomic E-state index is 0.0627. The summed E-state index contributed by atoms with van der Waals surface area (Å²) in [6.45, 7) is 0. The second kappa shape index (κ2) is 6.12. The Hall–Kier alpha value is -2.47. The zero-order valence-electron chi connectivity index (χ0n) is 10.2. The lowest BCUT2D eigenvalue weighted by Gasteiger charge is -2.06. The van der Waals surface area contributed by atoms with Crippen molar-refractivity contribution in [3.63, 3.8) is 0 Å². The molecule has 0 aliphatic carbocycles. The predicted octanol–water partition coefficient (Wildman–Crippen LogP) is 2.01. The number of hydrogen-bond donors (Lipinski definition) is 2. The highest BCUT2D eigenvalue weighted by atomic mass is 35.5. The molecular formula is C13H10ClN3O3. The van der Waals surface area contributed by atoms with Gasteiger partial charge >= 0.3 is 5.97 Å². The fourth-order valence-corrected chi connectivity index (χ4v) is 1.73. The summed E-state index contributed by atoms with van der Waals surface area (Å²) in [7, 11) is 0. The van der Waals surface area contributed by atoms with Gasteiger partial charge in [0, 0.05) is 0 Å². The van der Waals surface area contributed by atoms with Gasteiger partial charge in [0.05, 0.1) is 12.0 Å². The Morgan fingerprint density at radius 2 is 1.90 bits per heavy atom. The number of anilines is 1. The number of carbonyl (C=O) groups excluding carboxylic acids is 1. The molecule has 1 aromatic heterocycles. The van der Waals surface area contributed by atoms with E-state index in [0.717, 1.165) is 0 Å². The van der Waals surface area contributed by atoms with E-state index in [1.165, 1.54) is 18.2 Å². The van der Waals surface area contributed by atoms with Gasteiger partial charge in [0.25, 0.3) is 0 Å². The molecule has 2 rings (SSSR count). The third kappa shape index (κ3) is 3.52. The van der Waals surface area contributed by atoms with Crippen LogP contribution in [0.15, 0.2) is 36.4 Å². The lowest BCUT2D eigenvalue weighted by atomic mass is 10.0. The number of amides is 1. The number of aromatic nitrogens is 2. The molecule has 0 fully saturated rings. The van der Waals surface area contributed by atoms with Crippen LogP contribution in [0.1, 0.15) is 15.9 Å². The van der Waals surface area contributed by atoms with E-state index in [1.807, 2.05) is 0 Å². The summed E-state index contributed by atoms with van der Waals surface area (Å²) in [5, 5.41) is 19.1. The van der Waals surface area contributed by atoms with Crippen LogP contribution in [0.4, 0.5) is 5.82 Å². The summed E-state index contributed by atoms with van der Waals surface area (Å²) in [5.74, 6) is -1.19. The number of nitrogens with zero attached hydrogens (tertiary/aromatic N) is 2. The number of benzene rings is 1. The minimum atomic E-state index is -1.07. The normalized spacial score (nSPS) is 10.1. The molecule has 7 heteroatoms. The van der Waals surface area contributed by atoms with E-state index in [4.69, 9.17) is 16.7 Å². The van der Waals surface area contributed by atoms with Gasteiger partial charge in [0.2, 0.25) is 5.91 Å². The summed E-state index contributed by atoms with van der Waals surface area (Å²) in [6.07, 6.45) is -0.0627. The van der Waals surface area contributed by atoms with Crippen molar-refractivity contribution in [3.05, 3.63) is 52.7 Å². The fourth-order valence-electron chi connectivity index (χ4n) is 1.63. The molecule has 0 aliphatic heterocycles. The maximum absolute atomic E-state index is 11.8. The Kier molecular flexibility index (Phi) is 4.27. The van der Waals surface area contributed by atoms with E-state index in [9.17, 15) is 9.59 Å². The van der Waals surface area contributed by atoms with Crippen molar-refractivity contribution in [1.82, 2.24) is 10.2 Å². The van der Waals surface area contributed by atoms with E-state index >= 15 is 0 Å². The molecule has 1 amide bonds. The highest BCUT2D eigenvalue weighted by molar-refractivity contribution is 6.29. The number of nitrogens with one attached hydrogen (secondary N) is 1. The first-order valence-corrected chi connectivity index (χ1v) is 6.04. The van der Waals surface area contributed by atoms with Gasteiger partial charge in [-0.25, -0.2) is 4.79 Å². The molecule has 0 spiro atoms. The number of carboxylic acids is 1. The molecule has 0 saturated carbocycles. The molecule has 2 aromatic rings. The van der Waals surface area contributed by atoms with Crippen LogP contribution < -0.4 is 5.32 Å². The largest absolute Gasteiger partial charge is 0.478 e. The number of carboxylic acid groups (broad SMARTS) is 1. The highest BCUT2D eigenvalue weighted by Gasteiger charge is 2.12. The molecule has 6 nitrogen and oxygen atoms in total. The van der Waals surface area contributed by atoms with Crippen molar-refractivity contribution in [2.75, 3.05) is 5.32 Å². The van der Waals surface area contributed by atoms with Crippen molar-refractivity contribution >= 4 is 29.3 Å². The third-order valence-electron chi connectivity index (χ3n) is 2.50. The summed E-state index contributed by atoms with van der Waals surface area (Å²) >= 11 is 5.58. The van der Waals surface area contributed by atoms with Gasteiger partial charge < -0.3 is 10.4 Å². The average molecular weight is 292 g/mol. The Morgan fingerprint density at radius 3 is 2.55 bits per heavy atom. The van der Waals surface area contributed by atoms with Gasteiger partial charge in [-0.2, -0.15) is 0 Å². The summed E-state index contributed by atoms with van der Waals surface area (Å²) in [5.41, 5.74) is 0.532. The summed E-state index contributed by atoms with van der Waals surface area (Å²) in [6, 6.07) is 9.34. The van der Waals surface area contributed by atoms with Crippen LogP contribution in [-0.2, 0) is 11.2 Å². The zero-order chi connectivity index (χ0) is 14.5. The monoisotopic (exact) mass is 291 g/mol. The van der Waals surface area contributed by atoms with Crippen LogP contribution in [0.25, 0.3) is 0 Å². The zero-order valence-corrected chi connectivity index (χ0v) is 11.0. The quantitative estimate of drug-likeness (QED) is 0.899. The van der Waals surface area contributed by atoms with Crippen LogP contribution in [0.2, 0.25) is 5.15 Å². The SMILES string of the molecule is O=C(Cc1ccccc1C(=O)O)Nc1ccc(Cl)nn1. The number of rotatable bonds is 4. The maximum Gasteiger partial charge on any atom is 0.335 e. The number of hydrogen-bond acceptors (Lipinski definition) is 4. The first-order valence-electron chi connectivity index (χ1n) is 5.66. The van der Waals surface area contributed by atoms with Crippen LogP contribution >= 0.6 is 11.6 Å². The molecule has 0 saturated heterocycles.